The molecule has 0 unspecified atom stereocenters. The maximum absolute atomic E-state index is 16.4. The molecule has 4 nitrogen and oxygen atoms in total. The molecular weight excluding hydrogens is 340 g/mol. The molecule has 0 N–H and O–H groups in total. The van der Waals surface area contributed by atoms with Gasteiger partial charge in [0.25, 0.3) is 5.91 Å². The van der Waals surface area contributed by atoms with E-state index in [1.165, 1.54) is 30.1 Å². The number of esters is 1. The molecule has 6 heteroatoms. The predicted octanol–water partition coefficient (Wildman–Crippen LogP) is 3.48. The van der Waals surface area contributed by atoms with Gasteiger partial charge in [-0.2, -0.15) is 0 Å². The number of methoxy groups -OCH3 is 1. The number of hydrogen-bond acceptors (Lipinski definition) is 3. The fourth-order valence-corrected chi connectivity index (χ4v) is 3.40. The highest BCUT2D eigenvalue weighted by Gasteiger charge is 2.57. The van der Waals surface area contributed by atoms with E-state index in [0.29, 0.717) is 5.69 Å². The highest BCUT2D eigenvalue weighted by molar-refractivity contribution is 6.08. The number of halogens is 2. The van der Waals surface area contributed by atoms with Crippen molar-refractivity contribution in [2.24, 2.45) is 0 Å². The van der Waals surface area contributed by atoms with E-state index in [1.54, 1.807) is 18.2 Å². The molecule has 1 aliphatic heterocycles. The number of likely N-dealkylation sites (N-methyl/N-ethyl adjacent to an activating group) is 1. The molecule has 0 fully saturated rings. The minimum Gasteiger partial charge on any atom is -0.466 e. The summed E-state index contributed by atoms with van der Waals surface area (Å²) in [7, 11) is 2.61. The molecule has 1 aliphatic rings. The average molecular weight is 357 g/mol. The Labute approximate surface area is 149 Å². The van der Waals surface area contributed by atoms with E-state index in [1.807, 2.05) is 0 Å². The normalized spacial score (nSPS) is 19.8. The van der Waals surface area contributed by atoms with Gasteiger partial charge in [0.15, 0.2) is 0 Å². The van der Waals surface area contributed by atoms with Crippen molar-refractivity contribution < 1.29 is 23.1 Å². The van der Waals surface area contributed by atoms with E-state index in [9.17, 15) is 14.0 Å². The topological polar surface area (TPSA) is 46.6 Å². The van der Waals surface area contributed by atoms with Crippen molar-refractivity contribution in [1.82, 2.24) is 0 Å². The predicted molar refractivity (Wildman–Crippen MR) is 92.9 cm³/mol. The zero-order valence-corrected chi connectivity index (χ0v) is 14.3. The van der Waals surface area contributed by atoms with Gasteiger partial charge in [-0.05, 0) is 23.8 Å². The van der Waals surface area contributed by atoms with Crippen molar-refractivity contribution in [1.29, 1.82) is 0 Å². The molecule has 2 aromatic carbocycles. The molecule has 1 amide bonds. The Morgan fingerprint density at radius 1 is 1.19 bits per heavy atom. The van der Waals surface area contributed by atoms with Crippen molar-refractivity contribution in [3.63, 3.8) is 0 Å². The average Bonchev–Trinajstić information content (AvgIpc) is 2.85. The van der Waals surface area contributed by atoms with Gasteiger partial charge in [0.2, 0.25) is 5.67 Å². The first kappa shape index (κ1) is 17.8. The first-order valence-corrected chi connectivity index (χ1v) is 7.91. The molecule has 0 aromatic heterocycles. The quantitative estimate of drug-likeness (QED) is 0.622. The number of hydrogen-bond donors (Lipinski definition) is 0. The summed E-state index contributed by atoms with van der Waals surface area (Å²) >= 11 is 0. The number of carbonyl (C=O) groups excluding carboxylic acids is 2. The smallest absolute Gasteiger partial charge is 0.333 e. The van der Waals surface area contributed by atoms with E-state index in [2.05, 4.69) is 11.3 Å². The Morgan fingerprint density at radius 2 is 1.81 bits per heavy atom. The molecule has 0 radical (unpaired) electrons. The number of ether oxygens (including phenoxy) is 1. The van der Waals surface area contributed by atoms with Crippen LogP contribution in [0.25, 0.3) is 0 Å². The number of para-hydroxylation sites is 1. The number of rotatable bonds is 4. The highest BCUT2D eigenvalue weighted by atomic mass is 19.1. The Bertz CT molecular complexity index is 894. The van der Waals surface area contributed by atoms with Crippen molar-refractivity contribution in [2.75, 3.05) is 19.1 Å². The van der Waals surface area contributed by atoms with Gasteiger partial charge in [0, 0.05) is 18.2 Å². The van der Waals surface area contributed by atoms with Gasteiger partial charge in [-0.15, -0.1) is 0 Å². The first-order chi connectivity index (χ1) is 12.3. The summed E-state index contributed by atoms with van der Waals surface area (Å²) < 4.78 is 34.4. The Balaban J connectivity index is 2.24. The molecular formula is C20H17F2NO3. The lowest BCUT2D eigenvalue weighted by atomic mass is 9.75. The van der Waals surface area contributed by atoms with Gasteiger partial charge in [0.05, 0.1) is 18.7 Å². The van der Waals surface area contributed by atoms with Crippen LogP contribution in [-0.4, -0.2) is 26.0 Å². The molecule has 0 saturated carbocycles. The molecule has 0 aliphatic carbocycles. The van der Waals surface area contributed by atoms with Crippen molar-refractivity contribution in [3.8, 4) is 0 Å². The maximum Gasteiger partial charge on any atom is 0.333 e. The van der Waals surface area contributed by atoms with Gasteiger partial charge in [0.1, 0.15) is 5.82 Å². The fourth-order valence-electron chi connectivity index (χ4n) is 3.40. The van der Waals surface area contributed by atoms with Gasteiger partial charge in [-0.3, -0.25) is 4.79 Å². The molecule has 2 atom stereocenters. The Morgan fingerprint density at radius 3 is 2.42 bits per heavy atom. The third-order valence-corrected chi connectivity index (χ3v) is 4.67. The molecule has 0 bridgehead atoms. The number of amides is 1. The monoisotopic (exact) mass is 357 g/mol. The Kier molecular flexibility index (Phi) is 4.36. The van der Waals surface area contributed by atoms with Crippen LogP contribution in [0, 0.1) is 5.82 Å². The van der Waals surface area contributed by atoms with Crippen LogP contribution in [0.1, 0.15) is 17.0 Å². The summed E-state index contributed by atoms with van der Waals surface area (Å²) in [6.45, 7) is 3.67. The summed E-state index contributed by atoms with van der Waals surface area (Å²) in [5.74, 6) is -3.53. The van der Waals surface area contributed by atoms with Crippen LogP contribution in [-0.2, 0) is 20.0 Å². The fraction of sp³-hybridized carbons (Fsp3) is 0.200. The zero-order valence-electron chi connectivity index (χ0n) is 14.3. The number of benzene rings is 2. The summed E-state index contributed by atoms with van der Waals surface area (Å²) in [6.07, 6.45) is 0. The van der Waals surface area contributed by atoms with E-state index in [0.717, 1.165) is 19.2 Å². The zero-order chi connectivity index (χ0) is 19.1. The molecule has 3 rings (SSSR count). The minimum absolute atomic E-state index is 0.131. The van der Waals surface area contributed by atoms with Gasteiger partial charge >= 0.3 is 5.97 Å². The lowest BCUT2D eigenvalue weighted by Crippen LogP contribution is -2.41. The molecule has 0 spiro atoms. The summed E-state index contributed by atoms with van der Waals surface area (Å²) in [6, 6.07) is 11.4. The number of anilines is 1. The number of fused-ring (bicyclic) bond motifs is 1. The van der Waals surface area contributed by atoms with Crippen LogP contribution in [0.15, 0.2) is 60.7 Å². The summed E-state index contributed by atoms with van der Waals surface area (Å²) in [5.41, 5.74) is -1.99. The maximum atomic E-state index is 16.4. The van der Waals surface area contributed by atoms with Crippen LogP contribution in [0.2, 0.25) is 0 Å². The van der Waals surface area contributed by atoms with Crippen LogP contribution in [0.5, 0.6) is 0 Å². The SMILES string of the molecule is C=C(C(=O)OC)[C@@H](c1ccc(F)cc1)[C@]1(F)C(=O)N(C)c2ccccc21. The van der Waals surface area contributed by atoms with E-state index >= 15 is 4.39 Å². The van der Waals surface area contributed by atoms with Gasteiger partial charge in [-0.1, -0.05) is 36.9 Å². The lowest BCUT2D eigenvalue weighted by Gasteiger charge is -2.30. The van der Waals surface area contributed by atoms with E-state index < -0.39 is 29.3 Å². The highest BCUT2D eigenvalue weighted by Crippen LogP contribution is 2.52. The second-order valence-corrected chi connectivity index (χ2v) is 6.09. The van der Waals surface area contributed by atoms with E-state index in [4.69, 9.17) is 0 Å². The van der Waals surface area contributed by atoms with Gasteiger partial charge < -0.3 is 9.64 Å². The summed E-state index contributed by atoms with van der Waals surface area (Å²) in [5, 5.41) is 0. The second kappa shape index (κ2) is 6.37. The van der Waals surface area contributed by atoms with Crippen LogP contribution >= 0.6 is 0 Å². The molecule has 26 heavy (non-hydrogen) atoms. The number of alkyl halides is 1. The number of carbonyl (C=O) groups is 2. The van der Waals surface area contributed by atoms with Crippen LogP contribution in [0.4, 0.5) is 14.5 Å². The Hall–Kier alpha value is -3.02. The summed E-state index contributed by atoms with van der Waals surface area (Å²) in [4.78, 5) is 26.2. The molecule has 2 aromatic rings. The van der Waals surface area contributed by atoms with Crippen molar-refractivity contribution in [3.05, 3.63) is 77.6 Å². The minimum atomic E-state index is -2.56. The second-order valence-electron chi connectivity index (χ2n) is 6.09. The van der Waals surface area contributed by atoms with Crippen LogP contribution in [0.3, 0.4) is 0 Å². The third kappa shape index (κ3) is 2.49. The van der Waals surface area contributed by atoms with Crippen molar-refractivity contribution in [2.45, 2.75) is 11.6 Å². The molecule has 134 valence electrons. The van der Waals surface area contributed by atoms with Crippen molar-refractivity contribution >= 4 is 17.6 Å². The molecule has 1 heterocycles. The third-order valence-electron chi connectivity index (χ3n) is 4.67. The van der Waals surface area contributed by atoms with Gasteiger partial charge in [-0.25, -0.2) is 13.6 Å². The lowest BCUT2D eigenvalue weighted by molar-refractivity contribution is -0.137. The standard InChI is InChI=1S/C20H17F2NO3/c1-12(18(24)26-3)17(13-8-10-14(21)11-9-13)20(22)15-6-4-5-7-16(15)23(2)19(20)25/h4-11,17H,1H2,2-3H3/t17-,20-/m0/s1. The largest absolute Gasteiger partial charge is 0.466 e. The molecule has 0 saturated heterocycles. The van der Waals surface area contributed by atoms with E-state index in [-0.39, 0.29) is 16.7 Å². The van der Waals surface area contributed by atoms with Crippen LogP contribution < -0.4 is 4.90 Å². The number of nitrogens with zero attached hydrogens (tertiary/aromatic N) is 1. The first-order valence-electron chi connectivity index (χ1n) is 7.91.